The number of thiophene rings is 1. The number of benzene rings is 1. The zero-order valence-electron chi connectivity index (χ0n) is 17.8. The molecule has 3 aromatic rings. The fourth-order valence-electron chi connectivity index (χ4n) is 3.70. The highest BCUT2D eigenvalue weighted by Crippen LogP contribution is 2.33. The molecular formula is C23H29IN4O2S. The number of ether oxygens (including phenoxy) is 1. The van der Waals surface area contributed by atoms with Gasteiger partial charge in [-0.15, -0.1) is 35.3 Å². The van der Waals surface area contributed by atoms with Crippen LogP contribution in [0.25, 0.3) is 10.8 Å². The summed E-state index contributed by atoms with van der Waals surface area (Å²) in [6, 6.07) is 12.7. The predicted octanol–water partition coefficient (Wildman–Crippen LogP) is 5.16. The number of rotatable bonds is 6. The van der Waals surface area contributed by atoms with Crippen molar-refractivity contribution in [3.63, 3.8) is 0 Å². The van der Waals surface area contributed by atoms with Gasteiger partial charge in [0.25, 0.3) is 0 Å². The van der Waals surface area contributed by atoms with Gasteiger partial charge in [0.1, 0.15) is 6.26 Å². The molecular weight excluding hydrogens is 523 g/mol. The van der Waals surface area contributed by atoms with Crippen LogP contribution >= 0.6 is 35.3 Å². The lowest BCUT2D eigenvalue weighted by Gasteiger charge is -2.32. The van der Waals surface area contributed by atoms with Gasteiger partial charge in [-0.3, -0.25) is 4.99 Å². The second-order valence-electron chi connectivity index (χ2n) is 7.53. The molecule has 0 saturated carbocycles. The minimum absolute atomic E-state index is 0. The Morgan fingerprint density at radius 3 is 2.81 bits per heavy atom. The van der Waals surface area contributed by atoms with Gasteiger partial charge in [0.05, 0.1) is 23.2 Å². The number of halogens is 1. The van der Waals surface area contributed by atoms with Crippen molar-refractivity contribution < 1.29 is 9.15 Å². The standard InChI is InChI=1S/C23H28N4O2S.HI/c1-16-7-9-17(10-8-16)21-18(5-3-11-28-21)13-25-23(24-2)26-14-19-15-29-22(27-19)20-6-4-12-30-20;/h4,6-10,12,15,18,21H,3,5,11,13-14H2,1-2H3,(H2,24,25,26);1H. The summed E-state index contributed by atoms with van der Waals surface area (Å²) in [5.41, 5.74) is 3.36. The molecule has 0 radical (unpaired) electrons. The van der Waals surface area contributed by atoms with Gasteiger partial charge in [-0.25, -0.2) is 4.98 Å². The third-order valence-corrected chi connectivity index (χ3v) is 6.18. The fourth-order valence-corrected chi connectivity index (χ4v) is 4.36. The van der Waals surface area contributed by atoms with E-state index in [1.165, 1.54) is 11.1 Å². The molecule has 3 heterocycles. The van der Waals surface area contributed by atoms with Crippen molar-refractivity contribution in [2.45, 2.75) is 32.4 Å². The van der Waals surface area contributed by atoms with Gasteiger partial charge in [0, 0.05) is 26.1 Å². The molecule has 1 aliphatic heterocycles. The summed E-state index contributed by atoms with van der Waals surface area (Å²) in [5.74, 6) is 1.81. The quantitative estimate of drug-likeness (QED) is 0.251. The van der Waals surface area contributed by atoms with Gasteiger partial charge >= 0.3 is 0 Å². The van der Waals surface area contributed by atoms with Crippen LogP contribution in [0.5, 0.6) is 0 Å². The SMILES string of the molecule is CN=C(NCc1coc(-c2cccs2)n1)NCC1CCCOC1c1ccc(C)cc1.I. The number of oxazole rings is 1. The number of hydrogen-bond donors (Lipinski definition) is 2. The first-order valence-electron chi connectivity index (χ1n) is 10.3. The normalized spacial score (nSPS) is 19.0. The predicted molar refractivity (Wildman–Crippen MR) is 136 cm³/mol. The van der Waals surface area contributed by atoms with Crippen LogP contribution in [0.15, 0.2) is 57.5 Å². The van der Waals surface area contributed by atoms with Crippen LogP contribution in [0.3, 0.4) is 0 Å². The van der Waals surface area contributed by atoms with Crippen molar-refractivity contribution in [2.75, 3.05) is 20.2 Å². The molecule has 1 fully saturated rings. The lowest BCUT2D eigenvalue weighted by molar-refractivity contribution is -0.0265. The van der Waals surface area contributed by atoms with E-state index in [1.807, 2.05) is 17.5 Å². The number of aryl methyl sites for hydroxylation is 1. The average molecular weight is 552 g/mol. The zero-order valence-corrected chi connectivity index (χ0v) is 21.0. The van der Waals surface area contributed by atoms with E-state index in [2.05, 4.69) is 51.8 Å². The minimum Gasteiger partial charge on any atom is -0.443 e. The molecule has 8 heteroatoms. The number of aromatic nitrogens is 1. The summed E-state index contributed by atoms with van der Waals surface area (Å²) in [5, 5.41) is 8.80. The molecule has 2 N–H and O–H groups in total. The van der Waals surface area contributed by atoms with Crippen LogP contribution in [-0.2, 0) is 11.3 Å². The number of nitrogens with one attached hydrogen (secondary N) is 2. The van der Waals surface area contributed by atoms with Crippen LogP contribution < -0.4 is 10.6 Å². The molecule has 2 aromatic heterocycles. The summed E-state index contributed by atoms with van der Waals surface area (Å²) in [7, 11) is 1.78. The Hall–Kier alpha value is -1.91. The molecule has 2 unspecified atom stereocenters. The van der Waals surface area contributed by atoms with Crippen molar-refractivity contribution in [2.24, 2.45) is 10.9 Å². The monoisotopic (exact) mass is 552 g/mol. The molecule has 31 heavy (non-hydrogen) atoms. The van der Waals surface area contributed by atoms with E-state index in [1.54, 1.807) is 24.6 Å². The summed E-state index contributed by atoms with van der Waals surface area (Å²) in [4.78, 5) is 9.93. The van der Waals surface area contributed by atoms with Crippen molar-refractivity contribution >= 4 is 41.3 Å². The van der Waals surface area contributed by atoms with Gasteiger partial charge in [0.2, 0.25) is 5.89 Å². The molecule has 166 valence electrons. The third-order valence-electron chi connectivity index (χ3n) is 5.33. The lowest BCUT2D eigenvalue weighted by atomic mass is 9.89. The largest absolute Gasteiger partial charge is 0.443 e. The molecule has 0 spiro atoms. The number of hydrogen-bond acceptors (Lipinski definition) is 5. The molecule has 1 aliphatic rings. The highest BCUT2D eigenvalue weighted by molar-refractivity contribution is 14.0. The highest BCUT2D eigenvalue weighted by atomic mass is 127. The zero-order chi connectivity index (χ0) is 20.8. The van der Waals surface area contributed by atoms with E-state index in [4.69, 9.17) is 9.15 Å². The Kier molecular flexibility index (Phi) is 8.91. The van der Waals surface area contributed by atoms with E-state index in [9.17, 15) is 0 Å². The molecule has 6 nitrogen and oxygen atoms in total. The summed E-state index contributed by atoms with van der Waals surface area (Å²) in [6.45, 7) is 4.29. The van der Waals surface area contributed by atoms with Crippen LogP contribution in [0.4, 0.5) is 0 Å². The smallest absolute Gasteiger partial charge is 0.236 e. The van der Waals surface area contributed by atoms with E-state index in [-0.39, 0.29) is 30.1 Å². The fraction of sp³-hybridized carbons (Fsp3) is 0.391. The molecule has 0 bridgehead atoms. The van der Waals surface area contributed by atoms with Crippen LogP contribution in [-0.4, -0.2) is 31.1 Å². The van der Waals surface area contributed by atoms with Crippen LogP contribution in [0.2, 0.25) is 0 Å². The molecule has 0 aliphatic carbocycles. The Bertz CT molecular complexity index is 956. The Morgan fingerprint density at radius 1 is 1.23 bits per heavy atom. The average Bonchev–Trinajstić information content (AvgIpc) is 3.47. The second-order valence-corrected chi connectivity index (χ2v) is 8.48. The van der Waals surface area contributed by atoms with Crippen molar-refractivity contribution in [1.82, 2.24) is 15.6 Å². The maximum absolute atomic E-state index is 6.13. The van der Waals surface area contributed by atoms with E-state index < -0.39 is 0 Å². The van der Waals surface area contributed by atoms with Crippen LogP contribution in [0, 0.1) is 12.8 Å². The topological polar surface area (TPSA) is 71.7 Å². The van der Waals surface area contributed by atoms with Crippen LogP contribution in [0.1, 0.15) is 35.8 Å². The number of guanidine groups is 1. The Balaban J connectivity index is 0.00000272. The van der Waals surface area contributed by atoms with E-state index in [0.29, 0.717) is 18.4 Å². The summed E-state index contributed by atoms with van der Waals surface area (Å²) >= 11 is 1.62. The Labute approximate surface area is 204 Å². The summed E-state index contributed by atoms with van der Waals surface area (Å²) < 4.78 is 11.7. The maximum atomic E-state index is 6.13. The molecule has 1 aromatic carbocycles. The number of nitrogens with zero attached hydrogens (tertiary/aromatic N) is 2. The third kappa shape index (κ3) is 6.30. The molecule has 1 saturated heterocycles. The molecule has 0 amide bonds. The first-order valence-corrected chi connectivity index (χ1v) is 11.2. The van der Waals surface area contributed by atoms with Gasteiger partial charge < -0.3 is 19.8 Å². The van der Waals surface area contributed by atoms with Gasteiger partial charge in [-0.05, 0) is 36.8 Å². The van der Waals surface area contributed by atoms with Crippen molar-refractivity contribution in [1.29, 1.82) is 0 Å². The lowest BCUT2D eigenvalue weighted by Crippen LogP contribution is -2.41. The van der Waals surface area contributed by atoms with Gasteiger partial charge in [-0.1, -0.05) is 35.9 Å². The van der Waals surface area contributed by atoms with Crippen molar-refractivity contribution in [3.05, 3.63) is 64.9 Å². The highest BCUT2D eigenvalue weighted by Gasteiger charge is 2.27. The maximum Gasteiger partial charge on any atom is 0.236 e. The van der Waals surface area contributed by atoms with E-state index in [0.717, 1.165) is 42.5 Å². The molecule has 4 rings (SSSR count). The Morgan fingerprint density at radius 2 is 2.06 bits per heavy atom. The second kappa shape index (κ2) is 11.6. The van der Waals surface area contributed by atoms with E-state index >= 15 is 0 Å². The number of aliphatic imine (C=N–C) groups is 1. The first kappa shape index (κ1) is 23.7. The summed E-state index contributed by atoms with van der Waals surface area (Å²) in [6.07, 6.45) is 4.03. The van der Waals surface area contributed by atoms with Gasteiger partial charge in [0.15, 0.2) is 5.96 Å². The van der Waals surface area contributed by atoms with Crippen molar-refractivity contribution in [3.8, 4) is 10.8 Å². The molecule has 2 atom stereocenters. The minimum atomic E-state index is 0. The van der Waals surface area contributed by atoms with Gasteiger partial charge in [-0.2, -0.15) is 0 Å². The first-order chi connectivity index (χ1) is 14.7.